The second-order valence-corrected chi connectivity index (χ2v) is 15.6. The van der Waals surface area contributed by atoms with E-state index in [9.17, 15) is 0 Å². The molecule has 57 heavy (non-hydrogen) atoms. The van der Waals surface area contributed by atoms with Crippen LogP contribution >= 0.6 is 11.3 Å². The Kier molecular flexibility index (Phi) is 7.06. The smallest absolute Gasteiger partial charge is 0.159 e. The number of hydrogen-bond acceptors (Lipinski definition) is 3. The average Bonchev–Trinajstić information content (AvgIpc) is 3.94. The highest BCUT2D eigenvalue weighted by Gasteiger charge is 2.22. The van der Waals surface area contributed by atoms with E-state index in [4.69, 9.17) is 9.97 Å². The predicted molar refractivity (Wildman–Crippen MR) is 240 cm³/mol. The van der Waals surface area contributed by atoms with Crippen LogP contribution in [0.4, 0.5) is 0 Å². The Hall–Kier alpha value is -7.34. The van der Waals surface area contributed by atoms with Crippen molar-refractivity contribution < 1.29 is 0 Å². The van der Waals surface area contributed by atoms with Gasteiger partial charge in [0, 0.05) is 58.5 Å². The lowest BCUT2D eigenvalue weighted by Gasteiger charge is -2.14. The van der Waals surface area contributed by atoms with Crippen molar-refractivity contribution in [2.75, 3.05) is 0 Å². The molecule has 0 bridgehead atoms. The van der Waals surface area contributed by atoms with Crippen molar-refractivity contribution in [3.63, 3.8) is 0 Å². The van der Waals surface area contributed by atoms with E-state index in [0.29, 0.717) is 5.82 Å². The molecule has 4 aromatic heterocycles. The lowest BCUT2D eigenvalue weighted by molar-refractivity contribution is 1.09. The minimum Gasteiger partial charge on any atom is -0.309 e. The van der Waals surface area contributed by atoms with Crippen LogP contribution in [0.3, 0.4) is 0 Å². The van der Waals surface area contributed by atoms with Gasteiger partial charge in [-0.05, 0) is 65.7 Å². The van der Waals surface area contributed by atoms with Gasteiger partial charge in [-0.3, -0.25) is 0 Å². The first-order valence-electron chi connectivity index (χ1n) is 19.2. The Morgan fingerprint density at radius 1 is 0.404 bits per heavy atom. The topological polar surface area (TPSA) is 35.6 Å². The van der Waals surface area contributed by atoms with E-state index >= 15 is 0 Å². The van der Waals surface area contributed by atoms with E-state index < -0.39 is 0 Å². The van der Waals surface area contributed by atoms with Gasteiger partial charge in [-0.1, -0.05) is 133 Å². The molecule has 0 atom stereocenters. The molecule has 0 aliphatic carbocycles. The summed E-state index contributed by atoms with van der Waals surface area (Å²) in [5, 5.41) is 7.51. The van der Waals surface area contributed by atoms with Crippen LogP contribution in [-0.4, -0.2) is 19.1 Å². The van der Waals surface area contributed by atoms with Crippen molar-refractivity contribution in [2.45, 2.75) is 0 Å². The van der Waals surface area contributed by atoms with Crippen molar-refractivity contribution in [1.82, 2.24) is 19.1 Å². The van der Waals surface area contributed by atoms with Gasteiger partial charge in [0.25, 0.3) is 0 Å². The predicted octanol–water partition coefficient (Wildman–Crippen LogP) is 14.0. The van der Waals surface area contributed by atoms with E-state index in [2.05, 4.69) is 179 Å². The second-order valence-electron chi connectivity index (χ2n) is 14.6. The van der Waals surface area contributed by atoms with Gasteiger partial charge in [0.2, 0.25) is 0 Å². The summed E-state index contributed by atoms with van der Waals surface area (Å²) < 4.78 is 7.34. The Labute approximate surface area is 332 Å². The Balaban J connectivity index is 1.13. The Bertz CT molecular complexity index is 3510. The van der Waals surface area contributed by atoms with Crippen LogP contribution in [-0.2, 0) is 0 Å². The molecule has 4 heterocycles. The molecule has 0 amide bonds. The zero-order valence-corrected chi connectivity index (χ0v) is 31.5. The molecule has 5 heteroatoms. The molecule has 0 N–H and O–H groups in total. The lowest BCUT2D eigenvalue weighted by atomic mass is 10.00. The number of rotatable bonds is 5. The highest BCUT2D eigenvalue weighted by molar-refractivity contribution is 7.26. The van der Waals surface area contributed by atoms with Crippen LogP contribution in [0.15, 0.2) is 194 Å². The average molecular weight is 745 g/mol. The van der Waals surface area contributed by atoms with E-state index in [-0.39, 0.29) is 0 Å². The molecule has 0 radical (unpaired) electrons. The molecule has 12 rings (SSSR count). The number of nitrogens with zero attached hydrogens (tertiary/aromatic N) is 4. The molecule has 0 saturated carbocycles. The SMILES string of the molecule is c1ccc(-c2ncc(-n3c4ccc(-c5ccc6c(c5)c5ccccc5n6-c5ccccc5)cc4c4c5sc6ccccc6c5ccc43)c(-c3ccccc3)n2)cc1. The third kappa shape index (κ3) is 4.93. The summed E-state index contributed by atoms with van der Waals surface area (Å²) >= 11 is 1.87. The normalized spacial score (nSPS) is 11.9. The highest BCUT2D eigenvalue weighted by atomic mass is 32.1. The molecule has 0 aliphatic rings. The number of aromatic nitrogens is 4. The number of benzene rings is 8. The monoisotopic (exact) mass is 744 g/mol. The van der Waals surface area contributed by atoms with Crippen LogP contribution in [0.2, 0.25) is 0 Å². The molecule has 266 valence electrons. The van der Waals surface area contributed by atoms with Gasteiger partial charge in [0.15, 0.2) is 5.82 Å². The van der Waals surface area contributed by atoms with Gasteiger partial charge >= 0.3 is 0 Å². The van der Waals surface area contributed by atoms with Crippen molar-refractivity contribution in [3.05, 3.63) is 194 Å². The maximum atomic E-state index is 5.29. The van der Waals surface area contributed by atoms with Crippen LogP contribution in [0.1, 0.15) is 0 Å². The number of thiophene rings is 1. The fraction of sp³-hybridized carbons (Fsp3) is 0. The Morgan fingerprint density at radius 2 is 1.00 bits per heavy atom. The highest BCUT2D eigenvalue weighted by Crippen LogP contribution is 2.45. The summed E-state index contributed by atoms with van der Waals surface area (Å²) in [7, 11) is 0. The summed E-state index contributed by atoms with van der Waals surface area (Å²) in [5.74, 6) is 0.706. The maximum Gasteiger partial charge on any atom is 0.159 e. The van der Waals surface area contributed by atoms with Crippen LogP contribution in [0.5, 0.6) is 0 Å². The first-order chi connectivity index (χ1) is 28.3. The van der Waals surface area contributed by atoms with Gasteiger partial charge in [-0.2, -0.15) is 0 Å². The van der Waals surface area contributed by atoms with E-state index in [1.165, 1.54) is 63.9 Å². The van der Waals surface area contributed by atoms with Gasteiger partial charge in [-0.25, -0.2) is 9.97 Å². The summed E-state index contributed by atoms with van der Waals surface area (Å²) in [4.78, 5) is 10.3. The van der Waals surface area contributed by atoms with E-state index in [1.807, 2.05) is 35.7 Å². The summed E-state index contributed by atoms with van der Waals surface area (Å²) in [6.45, 7) is 0. The van der Waals surface area contributed by atoms with Crippen molar-refractivity contribution in [1.29, 1.82) is 0 Å². The van der Waals surface area contributed by atoms with Crippen molar-refractivity contribution in [3.8, 4) is 45.1 Å². The number of para-hydroxylation sites is 2. The van der Waals surface area contributed by atoms with Crippen molar-refractivity contribution in [2.24, 2.45) is 0 Å². The second kappa shape index (κ2) is 12.6. The van der Waals surface area contributed by atoms with Gasteiger partial charge in [-0.15, -0.1) is 11.3 Å². The van der Waals surface area contributed by atoms with Crippen molar-refractivity contribution >= 4 is 75.1 Å². The zero-order valence-electron chi connectivity index (χ0n) is 30.7. The summed E-state index contributed by atoms with van der Waals surface area (Å²) in [6, 6.07) is 67.4. The standard InChI is InChI=1S/C52H32N4S/c1-4-14-33(15-5-1)50-47(32-53-52(54-50)34-16-6-2-7-17-34)56-45-28-25-36(31-42(45)49-46(56)29-26-40-39-21-11-13-23-48(39)57-51(40)49)35-24-27-44-41(30-35)38-20-10-12-22-43(38)55(44)37-18-8-3-9-19-37/h1-32H. The molecular weight excluding hydrogens is 713 g/mol. The van der Waals surface area contributed by atoms with Crippen LogP contribution in [0.25, 0.3) is 109 Å². The first-order valence-corrected chi connectivity index (χ1v) is 20.1. The minimum atomic E-state index is 0.706. The zero-order chi connectivity index (χ0) is 37.5. The van der Waals surface area contributed by atoms with Gasteiger partial charge < -0.3 is 9.13 Å². The molecule has 0 spiro atoms. The van der Waals surface area contributed by atoms with E-state index in [1.54, 1.807) is 0 Å². The van der Waals surface area contributed by atoms with Gasteiger partial charge in [0.1, 0.15) is 0 Å². The van der Waals surface area contributed by atoms with Crippen LogP contribution in [0, 0.1) is 0 Å². The summed E-state index contributed by atoms with van der Waals surface area (Å²) in [5.41, 5.74) is 12.1. The summed E-state index contributed by atoms with van der Waals surface area (Å²) in [6.07, 6.45) is 2.01. The third-order valence-electron chi connectivity index (χ3n) is 11.4. The molecule has 0 fully saturated rings. The molecule has 0 saturated heterocycles. The molecule has 8 aromatic carbocycles. The molecule has 12 aromatic rings. The molecule has 4 nitrogen and oxygen atoms in total. The fourth-order valence-electron chi connectivity index (χ4n) is 8.81. The van der Waals surface area contributed by atoms with E-state index in [0.717, 1.165) is 39.2 Å². The molecule has 0 aliphatic heterocycles. The number of fused-ring (bicyclic) bond motifs is 10. The van der Waals surface area contributed by atoms with Gasteiger partial charge in [0.05, 0.1) is 39.6 Å². The Morgan fingerprint density at radius 3 is 1.77 bits per heavy atom. The largest absolute Gasteiger partial charge is 0.309 e. The maximum absolute atomic E-state index is 5.29. The van der Waals surface area contributed by atoms with Crippen LogP contribution < -0.4 is 0 Å². The minimum absolute atomic E-state index is 0.706. The third-order valence-corrected chi connectivity index (χ3v) is 12.6. The quantitative estimate of drug-likeness (QED) is 0.176. The molecular formula is C52H32N4S. The first kappa shape index (κ1) is 32.0. The number of hydrogen-bond donors (Lipinski definition) is 0. The fourth-order valence-corrected chi connectivity index (χ4v) is 10.1. The molecule has 0 unspecified atom stereocenters. The lowest BCUT2D eigenvalue weighted by Crippen LogP contribution is -2.02.